The van der Waals surface area contributed by atoms with E-state index in [0.717, 1.165) is 5.56 Å². The predicted octanol–water partition coefficient (Wildman–Crippen LogP) is 3.32. The van der Waals surface area contributed by atoms with Gasteiger partial charge in [-0.1, -0.05) is 54.1 Å². The fourth-order valence-corrected chi connectivity index (χ4v) is 3.87. The molecule has 4 rings (SSSR count). The Bertz CT molecular complexity index is 1440. The van der Waals surface area contributed by atoms with Crippen LogP contribution in [0.2, 0.25) is 5.02 Å². The number of tetrazole rings is 1. The van der Waals surface area contributed by atoms with E-state index in [9.17, 15) is 14.4 Å². The lowest BCUT2D eigenvalue weighted by Gasteiger charge is -2.18. The second-order valence-corrected chi connectivity index (χ2v) is 8.73. The van der Waals surface area contributed by atoms with E-state index in [1.165, 1.54) is 17.1 Å². The fourth-order valence-electron chi connectivity index (χ4n) is 3.69. The number of halogens is 1. The second kappa shape index (κ2) is 12.4. The highest BCUT2D eigenvalue weighted by atomic mass is 35.5. The molecule has 0 aliphatic rings. The molecule has 0 bridgehead atoms. The predicted molar refractivity (Wildman–Crippen MR) is 142 cm³/mol. The van der Waals surface area contributed by atoms with Crippen molar-refractivity contribution in [1.29, 1.82) is 0 Å². The number of carboxylic acids is 1. The standard InChI is InChI=1S/C27H23ClN6O4/c28-21-9-12-24(34-17-29-32-33-34)20(16-21)8-13-25(35)31-23(14-18-4-2-1-3-5-18)27(38)30-22-10-6-19(7-11-22)15-26(36)37/h1-13,16-17,23H,14-15H2,(H,30,38)(H,31,35)(H,36,37)/t23-/m0/s1. The Labute approximate surface area is 222 Å². The van der Waals surface area contributed by atoms with Gasteiger partial charge in [0.05, 0.1) is 12.1 Å². The summed E-state index contributed by atoms with van der Waals surface area (Å²) in [5, 5.41) is 26.1. The molecule has 2 amide bonds. The first-order chi connectivity index (χ1) is 18.4. The molecule has 3 N–H and O–H groups in total. The van der Waals surface area contributed by atoms with Crippen LogP contribution in [0.25, 0.3) is 11.8 Å². The van der Waals surface area contributed by atoms with E-state index in [-0.39, 0.29) is 12.8 Å². The van der Waals surface area contributed by atoms with Crippen LogP contribution < -0.4 is 10.6 Å². The highest BCUT2D eigenvalue weighted by molar-refractivity contribution is 6.30. The van der Waals surface area contributed by atoms with Crippen molar-refractivity contribution < 1.29 is 19.5 Å². The number of carboxylic acid groups (broad SMARTS) is 1. The average molecular weight is 531 g/mol. The van der Waals surface area contributed by atoms with Crippen LogP contribution in [0, 0.1) is 0 Å². The summed E-state index contributed by atoms with van der Waals surface area (Å²) >= 11 is 6.14. The first-order valence-electron chi connectivity index (χ1n) is 11.5. The molecule has 1 atom stereocenters. The van der Waals surface area contributed by atoms with Gasteiger partial charge in [0, 0.05) is 28.8 Å². The number of rotatable bonds is 10. The molecule has 1 heterocycles. The Hall–Kier alpha value is -4.83. The summed E-state index contributed by atoms with van der Waals surface area (Å²) in [5.74, 6) is -1.84. The maximum Gasteiger partial charge on any atom is 0.307 e. The number of carbonyl (C=O) groups is 3. The number of hydrogen-bond acceptors (Lipinski definition) is 6. The normalized spacial score (nSPS) is 11.7. The zero-order chi connectivity index (χ0) is 26.9. The number of aliphatic carboxylic acids is 1. The molecule has 3 aromatic carbocycles. The van der Waals surface area contributed by atoms with E-state index in [2.05, 4.69) is 26.2 Å². The van der Waals surface area contributed by atoms with Crippen molar-refractivity contribution in [1.82, 2.24) is 25.5 Å². The van der Waals surface area contributed by atoms with Gasteiger partial charge >= 0.3 is 5.97 Å². The first-order valence-corrected chi connectivity index (χ1v) is 11.9. The van der Waals surface area contributed by atoms with Gasteiger partial charge in [0.15, 0.2) is 0 Å². The van der Waals surface area contributed by atoms with Gasteiger partial charge < -0.3 is 15.7 Å². The van der Waals surface area contributed by atoms with E-state index >= 15 is 0 Å². The van der Waals surface area contributed by atoms with Gasteiger partial charge in [-0.2, -0.15) is 4.68 Å². The Morgan fingerprint density at radius 2 is 1.76 bits per heavy atom. The van der Waals surface area contributed by atoms with Gasteiger partial charge in [0.2, 0.25) is 11.8 Å². The van der Waals surface area contributed by atoms with Crippen LogP contribution in [0.1, 0.15) is 16.7 Å². The number of nitrogens with zero attached hydrogens (tertiary/aromatic N) is 4. The molecule has 4 aromatic rings. The van der Waals surface area contributed by atoms with Crippen molar-refractivity contribution in [2.45, 2.75) is 18.9 Å². The molecule has 0 fully saturated rings. The summed E-state index contributed by atoms with van der Waals surface area (Å²) in [6, 6.07) is 20.0. The minimum atomic E-state index is -0.941. The van der Waals surface area contributed by atoms with Gasteiger partial charge in [-0.25, -0.2) is 0 Å². The Morgan fingerprint density at radius 3 is 2.45 bits per heavy atom. The van der Waals surface area contributed by atoms with E-state index in [0.29, 0.717) is 27.5 Å². The topological polar surface area (TPSA) is 139 Å². The van der Waals surface area contributed by atoms with Crippen molar-refractivity contribution in [3.05, 3.63) is 107 Å². The third-order valence-electron chi connectivity index (χ3n) is 5.49. The lowest BCUT2D eigenvalue weighted by Crippen LogP contribution is -2.44. The maximum absolute atomic E-state index is 13.2. The molecule has 192 valence electrons. The van der Waals surface area contributed by atoms with E-state index in [4.69, 9.17) is 16.7 Å². The van der Waals surface area contributed by atoms with Gasteiger partial charge in [-0.3, -0.25) is 14.4 Å². The summed E-state index contributed by atoms with van der Waals surface area (Å²) in [6.07, 6.45) is 4.45. The number of amides is 2. The van der Waals surface area contributed by atoms with E-state index in [1.54, 1.807) is 48.5 Å². The van der Waals surface area contributed by atoms with Crippen LogP contribution in [0.15, 0.2) is 85.2 Å². The van der Waals surface area contributed by atoms with Crippen molar-refractivity contribution in [2.24, 2.45) is 0 Å². The van der Waals surface area contributed by atoms with Crippen LogP contribution in [-0.2, 0) is 27.2 Å². The number of carbonyl (C=O) groups excluding carboxylic acids is 2. The number of nitrogens with one attached hydrogen (secondary N) is 2. The van der Waals surface area contributed by atoms with Crippen molar-refractivity contribution in [3.63, 3.8) is 0 Å². The largest absolute Gasteiger partial charge is 0.481 e. The Kier molecular flexibility index (Phi) is 8.57. The summed E-state index contributed by atoms with van der Waals surface area (Å²) in [7, 11) is 0. The SMILES string of the molecule is O=C(O)Cc1ccc(NC(=O)[C@H](Cc2ccccc2)NC(=O)C=Cc2cc(Cl)ccc2-n2cnnn2)cc1. The Balaban J connectivity index is 1.50. The summed E-state index contributed by atoms with van der Waals surface area (Å²) < 4.78 is 1.45. The minimum absolute atomic E-state index is 0.116. The first kappa shape index (κ1) is 26.2. The lowest BCUT2D eigenvalue weighted by molar-refractivity contribution is -0.136. The highest BCUT2D eigenvalue weighted by Crippen LogP contribution is 2.20. The zero-order valence-electron chi connectivity index (χ0n) is 20.0. The van der Waals surface area contributed by atoms with Gasteiger partial charge in [0.1, 0.15) is 12.4 Å². The van der Waals surface area contributed by atoms with Crippen LogP contribution in [-0.4, -0.2) is 49.1 Å². The number of anilines is 1. The molecule has 0 spiro atoms. The third-order valence-corrected chi connectivity index (χ3v) is 5.73. The van der Waals surface area contributed by atoms with Crippen LogP contribution in [0.4, 0.5) is 5.69 Å². The fraction of sp³-hybridized carbons (Fsp3) is 0.111. The molecular formula is C27H23ClN6O4. The molecule has 0 radical (unpaired) electrons. The zero-order valence-corrected chi connectivity index (χ0v) is 20.7. The number of aromatic nitrogens is 4. The third kappa shape index (κ3) is 7.34. The van der Waals surface area contributed by atoms with Crippen molar-refractivity contribution in [3.8, 4) is 5.69 Å². The molecule has 0 aliphatic heterocycles. The van der Waals surface area contributed by atoms with Gasteiger partial charge in [-0.05, 0) is 58.0 Å². The minimum Gasteiger partial charge on any atom is -0.481 e. The monoisotopic (exact) mass is 530 g/mol. The lowest BCUT2D eigenvalue weighted by atomic mass is 10.0. The second-order valence-electron chi connectivity index (χ2n) is 8.30. The van der Waals surface area contributed by atoms with Crippen molar-refractivity contribution >= 4 is 41.1 Å². The molecule has 0 saturated carbocycles. The summed E-state index contributed by atoms with van der Waals surface area (Å²) in [5.41, 5.74) is 3.18. The summed E-state index contributed by atoms with van der Waals surface area (Å²) in [6.45, 7) is 0. The van der Waals surface area contributed by atoms with Gasteiger partial charge in [0.25, 0.3) is 0 Å². The molecule has 11 heteroatoms. The summed E-state index contributed by atoms with van der Waals surface area (Å²) in [4.78, 5) is 37.0. The van der Waals surface area contributed by atoms with Crippen molar-refractivity contribution in [2.75, 3.05) is 5.32 Å². The van der Waals surface area contributed by atoms with Crippen LogP contribution in [0.5, 0.6) is 0 Å². The average Bonchev–Trinajstić information content (AvgIpc) is 3.43. The smallest absolute Gasteiger partial charge is 0.307 e. The maximum atomic E-state index is 13.2. The molecule has 1 aromatic heterocycles. The number of hydrogen-bond donors (Lipinski definition) is 3. The molecule has 0 saturated heterocycles. The van der Waals surface area contributed by atoms with Crippen LogP contribution >= 0.6 is 11.6 Å². The molecule has 0 aliphatic carbocycles. The molecule has 38 heavy (non-hydrogen) atoms. The highest BCUT2D eigenvalue weighted by Gasteiger charge is 2.21. The van der Waals surface area contributed by atoms with Crippen LogP contribution in [0.3, 0.4) is 0 Å². The molecule has 0 unspecified atom stereocenters. The molecular weight excluding hydrogens is 508 g/mol. The van der Waals surface area contributed by atoms with E-state index in [1.807, 2.05) is 30.3 Å². The molecule has 10 nitrogen and oxygen atoms in total. The van der Waals surface area contributed by atoms with Gasteiger partial charge in [-0.15, -0.1) is 5.10 Å². The van der Waals surface area contributed by atoms with E-state index < -0.39 is 23.8 Å². The number of benzene rings is 3. The Morgan fingerprint density at radius 1 is 1.00 bits per heavy atom. The quantitative estimate of drug-likeness (QED) is 0.267.